The molecule has 0 radical (unpaired) electrons. The van der Waals surface area contributed by atoms with Crippen LogP contribution < -0.4 is 9.47 Å². The van der Waals surface area contributed by atoms with Crippen molar-refractivity contribution in [2.24, 2.45) is 11.8 Å². The first-order chi connectivity index (χ1) is 26.5. The highest BCUT2D eigenvalue weighted by Crippen LogP contribution is 2.61. The van der Waals surface area contributed by atoms with Crippen molar-refractivity contribution in [2.75, 3.05) is 26.4 Å². The summed E-state index contributed by atoms with van der Waals surface area (Å²) in [6.45, 7) is 3.09. The molecule has 274 valence electrons. The summed E-state index contributed by atoms with van der Waals surface area (Å²) in [6, 6.07) is 26.0. The van der Waals surface area contributed by atoms with E-state index in [0.29, 0.717) is 78.2 Å². The summed E-state index contributed by atoms with van der Waals surface area (Å²) in [5.41, 5.74) is 7.03. The van der Waals surface area contributed by atoms with Crippen molar-refractivity contribution >= 4 is 0 Å². The van der Waals surface area contributed by atoms with Crippen molar-refractivity contribution < 1.29 is 37.9 Å². The lowest BCUT2D eigenvalue weighted by molar-refractivity contribution is -0.154. The zero-order chi connectivity index (χ0) is 36.1. The molecule has 2 saturated heterocycles. The van der Waals surface area contributed by atoms with E-state index in [-0.39, 0.29) is 24.0 Å². The molecule has 3 aromatic rings. The first kappa shape index (κ1) is 32.6. The summed E-state index contributed by atoms with van der Waals surface area (Å²) in [5, 5.41) is 21.3. The van der Waals surface area contributed by atoms with E-state index in [1.165, 1.54) is 0 Å². The Kier molecular flexibility index (Phi) is 7.14. The highest BCUT2D eigenvalue weighted by Gasteiger charge is 2.65. The second kappa shape index (κ2) is 11.8. The van der Waals surface area contributed by atoms with Crippen molar-refractivity contribution in [3.63, 3.8) is 0 Å². The predicted molar refractivity (Wildman–Crippen MR) is 191 cm³/mol. The van der Waals surface area contributed by atoms with E-state index in [1.807, 2.05) is 12.1 Å². The summed E-state index contributed by atoms with van der Waals surface area (Å²) < 4.78 is 49.4. The molecule has 10 heteroatoms. The second-order valence-electron chi connectivity index (χ2n) is 16.0. The largest absolute Gasteiger partial charge is 0.497 e. The third-order valence-corrected chi connectivity index (χ3v) is 13.5. The van der Waals surface area contributed by atoms with Crippen molar-refractivity contribution in [1.82, 2.24) is 0 Å². The van der Waals surface area contributed by atoms with Crippen LogP contribution in [0.1, 0.15) is 59.1 Å². The third kappa shape index (κ3) is 4.52. The quantitative estimate of drug-likeness (QED) is 0.284. The lowest BCUT2D eigenvalue weighted by Gasteiger charge is -2.49. The maximum Gasteiger partial charge on any atom is 0.194 e. The number of benzene rings is 3. The minimum Gasteiger partial charge on any atom is -0.497 e. The summed E-state index contributed by atoms with van der Waals surface area (Å²) >= 11 is 0. The van der Waals surface area contributed by atoms with Crippen molar-refractivity contribution in [2.45, 2.75) is 86.4 Å². The van der Waals surface area contributed by atoms with Crippen LogP contribution in [0.5, 0.6) is 11.5 Å². The van der Waals surface area contributed by atoms with Crippen LogP contribution in [0, 0.1) is 34.5 Å². The Labute approximate surface area is 313 Å². The van der Waals surface area contributed by atoms with Gasteiger partial charge in [-0.25, -0.2) is 0 Å². The molecule has 4 aliphatic carbocycles. The number of nitrogens with zero attached hydrogens (tertiary/aromatic N) is 2. The Bertz CT molecular complexity index is 2030. The first-order valence-electron chi connectivity index (χ1n) is 19.2. The van der Waals surface area contributed by atoms with E-state index in [4.69, 9.17) is 37.9 Å². The van der Waals surface area contributed by atoms with Gasteiger partial charge in [-0.15, -0.1) is 0 Å². The van der Waals surface area contributed by atoms with Gasteiger partial charge in [0.05, 0.1) is 61.9 Å². The molecule has 2 spiro atoms. The number of hydrogen-bond acceptors (Lipinski definition) is 10. The van der Waals surface area contributed by atoms with Crippen molar-refractivity contribution in [3.8, 4) is 23.6 Å². The minimum absolute atomic E-state index is 0.0815. The second-order valence-corrected chi connectivity index (χ2v) is 16.0. The molecule has 4 heterocycles. The van der Waals surface area contributed by atoms with Gasteiger partial charge in [-0.1, -0.05) is 36.4 Å². The SMILES string of the molecule is N#C[C@]12CCC3(OCCO3)C3=CO[C@H](Cc4cc(OCc5ccc(COc6ccc7c(c6)C[C@H]6OC=C8[C@H]6[C@@]7(C#N)CCC86OCCO6)cc5)ccc41)[C@@H]32. The van der Waals surface area contributed by atoms with Crippen LogP contribution in [0.25, 0.3) is 0 Å². The average Bonchev–Trinajstić information content (AvgIpc) is 4.05. The van der Waals surface area contributed by atoms with Gasteiger partial charge in [0.15, 0.2) is 11.6 Å². The number of rotatable bonds is 6. The van der Waals surface area contributed by atoms with Crippen LogP contribution in [0.2, 0.25) is 0 Å². The molecule has 0 bridgehead atoms. The Balaban J connectivity index is 0.745. The molecule has 8 aliphatic rings. The maximum atomic E-state index is 10.6. The van der Waals surface area contributed by atoms with Crippen LogP contribution in [0.3, 0.4) is 0 Å². The van der Waals surface area contributed by atoms with E-state index in [0.717, 1.165) is 56.0 Å². The zero-order valence-corrected chi connectivity index (χ0v) is 29.9. The van der Waals surface area contributed by atoms with E-state index in [2.05, 4.69) is 60.7 Å². The first-order valence-corrected chi connectivity index (χ1v) is 19.2. The number of fused-ring (bicyclic) bond motifs is 6. The normalized spacial score (nSPS) is 32.5. The fourth-order valence-corrected chi connectivity index (χ4v) is 11.0. The van der Waals surface area contributed by atoms with Crippen LogP contribution in [0.15, 0.2) is 84.3 Å². The molecule has 11 rings (SSSR count). The molecule has 10 nitrogen and oxygen atoms in total. The molecule has 3 aromatic carbocycles. The predicted octanol–water partition coefficient (Wildman–Crippen LogP) is 6.35. The molecular weight excluding hydrogens is 684 g/mol. The van der Waals surface area contributed by atoms with Crippen molar-refractivity contribution in [3.05, 3.63) is 118 Å². The number of nitriles is 2. The van der Waals surface area contributed by atoms with Gasteiger partial charge in [-0.2, -0.15) is 10.5 Å². The highest BCUT2D eigenvalue weighted by atomic mass is 16.7. The van der Waals surface area contributed by atoms with E-state index < -0.39 is 22.4 Å². The standard InChI is InChI=1S/C44H40N2O8/c45-25-41-9-11-43(51-13-14-52-43)35-23-49-37(39(35)41)19-29-17-31(5-7-33(29)41)47-21-27-1-2-28(4-3-27)22-48-32-6-8-34-30(18-32)20-38-40-36(24-50-38)44(53-15-16-54-44)12-10-42(34,40)26-46/h1-8,17-18,23-24,37-40H,9-16,19-22H2/t37-,38-,39-,40-,41-,42-/m1/s1. The van der Waals surface area contributed by atoms with Crippen LogP contribution in [-0.4, -0.2) is 50.2 Å². The van der Waals surface area contributed by atoms with E-state index in [9.17, 15) is 10.5 Å². The Morgan fingerprint density at radius 3 is 1.41 bits per heavy atom. The van der Waals surface area contributed by atoms with Gasteiger partial charge in [0.1, 0.15) is 36.9 Å². The third-order valence-electron chi connectivity index (χ3n) is 13.5. The molecule has 0 aromatic heterocycles. The number of hydrogen-bond donors (Lipinski definition) is 0. The molecular formula is C44H40N2O8. The van der Waals surface area contributed by atoms with Gasteiger partial charge in [0.25, 0.3) is 0 Å². The van der Waals surface area contributed by atoms with Crippen LogP contribution in [-0.2, 0) is 65.3 Å². The zero-order valence-electron chi connectivity index (χ0n) is 29.9. The number of ether oxygens (including phenoxy) is 8. The lowest BCUT2D eigenvalue weighted by Crippen LogP contribution is -2.54. The molecule has 0 amide bonds. The summed E-state index contributed by atoms with van der Waals surface area (Å²) in [6.07, 6.45) is 7.35. The summed E-state index contributed by atoms with van der Waals surface area (Å²) in [7, 11) is 0. The molecule has 4 fully saturated rings. The average molecular weight is 725 g/mol. The van der Waals surface area contributed by atoms with Gasteiger partial charge in [-0.05, 0) is 70.5 Å². The summed E-state index contributed by atoms with van der Waals surface area (Å²) in [4.78, 5) is 0. The van der Waals surface area contributed by atoms with Gasteiger partial charge >= 0.3 is 0 Å². The topological polar surface area (TPSA) is 121 Å². The van der Waals surface area contributed by atoms with Crippen LogP contribution in [0.4, 0.5) is 0 Å². The molecule has 2 saturated carbocycles. The molecule has 4 aliphatic heterocycles. The highest BCUT2D eigenvalue weighted by molar-refractivity contribution is 5.54. The smallest absolute Gasteiger partial charge is 0.194 e. The molecule has 0 N–H and O–H groups in total. The monoisotopic (exact) mass is 724 g/mol. The van der Waals surface area contributed by atoms with Gasteiger partial charge in [0, 0.05) is 48.7 Å². The van der Waals surface area contributed by atoms with Gasteiger partial charge in [-0.3, -0.25) is 0 Å². The van der Waals surface area contributed by atoms with Gasteiger partial charge in [0.2, 0.25) is 0 Å². The lowest BCUT2D eigenvalue weighted by atomic mass is 9.55. The Morgan fingerprint density at radius 1 is 0.574 bits per heavy atom. The Hall–Kier alpha value is -4.84. The summed E-state index contributed by atoms with van der Waals surface area (Å²) in [5.74, 6) is -0.110. The fraction of sp³-hybridized carbons (Fsp3) is 0.455. The van der Waals surface area contributed by atoms with Crippen LogP contribution >= 0.6 is 0 Å². The maximum absolute atomic E-state index is 10.6. The van der Waals surface area contributed by atoms with E-state index in [1.54, 1.807) is 12.5 Å². The van der Waals surface area contributed by atoms with Gasteiger partial charge < -0.3 is 37.9 Å². The Morgan fingerprint density at radius 2 is 1.00 bits per heavy atom. The molecule has 54 heavy (non-hydrogen) atoms. The van der Waals surface area contributed by atoms with Crippen molar-refractivity contribution in [1.29, 1.82) is 10.5 Å². The molecule has 0 unspecified atom stereocenters. The molecule has 6 atom stereocenters. The van der Waals surface area contributed by atoms with E-state index >= 15 is 0 Å². The minimum atomic E-state index is -0.745. The fourth-order valence-electron chi connectivity index (χ4n) is 11.0.